The van der Waals surface area contributed by atoms with Gasteiger partial charge in [-0.1, -0.05) is 6.07 Å². The third-order valence-electron chi connectivity index (χ3n) is 3.71. The SMILES string of the molecule is Br.COc1ccc(-c2csc(Nc3ccc(C)c(C)c3)n2)cc1F. The average molecular weight is 409 g/mol. The van der Waals surface area contributed by atoms with Gasteiger partial charge in [0.05, 0.1) is 12.8 Å². The van der Waals surface area contributed by atoms with Crippen LogP contribution in [0.2, 0.25) is 0 Å². The van der Waals surface area contributed by atoms with Gasteiger partial charge in [-0.15, -0.1) is 28.3 Å². The Balaban J connectivity index is 0.00000208. The van der Waals surface area contributed by atoms with Gasteiger partial charge in [-0.2, -0.15) is 0 Å². The van der Waals surface area contributed by atoms with E-state index in [-0.39, 0.29) is 28.5 Å². The molecule has 3 rings (SSSR count). The lowest BCUT2D eigenvalue weighted by molar-refractivity contribution is 0.386. The molecule has 0 bridgehead atoms. The van der Waals surface area contributed by atoms with Gasteiger partial charge < -0.3 is 10.1 Å². The molecule has 1 N–H and O–H groups in total. The number of nitrogens with one attached hydrogen (secondary N) is 1. The van der Waals surface area contributed by atoms with Crippen molar-refractivity contribution in [3.05, 3.63) is 58.7 Å². The minimum atomic E-state index is -0.387. The Morgan fingerprint density at radius 1 is 1.08 bits per heavy atom. The molecule has 0 radical (unpaired) electrons. The van der Waals surface area contributed by atoms with Gasteiger partial charge in [-0.05, 0) is 55.3 Å². The standard InChI is InChI=1S/C18H17FN2OS.BrH/c1-11-4-6-14(8-12(11)2)20-18-21-16(10-23-18)13-5-7-17(22-3)15(19)9-13;/h4-10H,1-3H3,(H,20,21);1H. The molecule has 1 heterocycles. The largest absolute Gasteiger partial charge is 0.494 e. The zero-order chi connectivity index (χ0) is 16.4. The summed E-state index contributed by atoms with van der Waals surface area (Å²) in [6.45, 7) is 4.16. The zero-order valence-corrected chi connectivity index (χ0v) is 16.1. The summed E-state index contributed by atoms with van der Waals surface area (Å²) in [6.07, 6.45) is 0. The van der Waals surface area contributed by atoms with E-state index in [4.69, 9.17) is 4.74 Å². The van der Waals surface area contributed by atoms with Crippen LogP contribution in [0.3, 0.4) is 0 Å². The van der Waals surface area contributed by atoms with Crippen molar-refractivity contribution in [1.82, 2.24) is 4.98 Å². The third-order valence-corrected chi connectivity index (χ3v) is 4.47. The highest BCUT2D eigenvalue weighted by atomic mass is 79.9. The van der Waals surface area contributed by atoms with Gasteiger partial charge in [0.15, 0.2) is 16.7 Å². The van der Waals surface area contributed by atoms with E-state index in [1.807, 2.05) is 11.4 Å². The summed E-state index contributed by atoms with van der Waals surface area (Å²) in [4.78, 5) is 4.52. The van der Waals surface area contributed by atoms with Crippen LogP contribution in [0.15, 0.2) is 41.8 Å². The smallest absolute Gasteiger partial charge is 0.187 e. The number of hydrogen-bond donors (Lipinski definition) is 1. The van der Waals surface area contributed by atoms with Crippen LogP contribution in [0.1, 0.15) is 11.1 Å². The molecule has 0 fully saturated rings. The highest BCUT2D eigenvalue weighted by Crippen LogP contribution is 2.30. The first-order valence-corrected chi connectivity index (χ1v) is 8.08. The number of thiazole rings is 1. The topological polar surface area (TPSA) is 34.1 Å². The Hall–Kier alpha value is -1.92. The summed E-state index contributed by atoms with van der Waals surface area (Å²) in [6, 6.07) is 11.0. The molecule has 1 aromatic heterocycles. The lowest BCUT2D eigenvalue weighted by atomic mass is 10.1. The number of nitrogens with zero attached hydrogens (tertiary/aromatic N) is 1. The van der Waals surface area contributed by atoms with E-state index in [9.17, 15) is 4.39 Å². The van der Waals surface area contributed by atoms with Crippen LogP contribution in [0.25, 0.3) is 11.3 Å². The number of halogens is 2. The van der Waals surface area contributed by atoms with Gasteiger partial charge >= 0.3 is 0 Å². The van der Waals surface area contributed by atoms with Crippen LogP contribution in [0, 0.1) is 19.7 Å². The van der Waals surface area contributed by atoms with Gasteiger partial charge in [-0.3, -0.25) is 0 Å². The predicted molar refractivity (Wildman–Crippen MR) is 104 cm³/mol. The number of hydrogen-bond acceptors (Lipinski definition) is 4. The molecule has 0 aliphatic heterocycles. The number of aryl methyl sites for hydroxylation is 2. The van der Waals surface area contributed by atoms with Crippen LogP contribution in [-0.2, 0) is 0 Å². The third kappa shape index (κ3) is 3.94. The average Bonchev–Trinajstić information content (AvgIpc) is 2.99. The normalized spacial score (nSPS) is 10.2. The minimum absolute atomic E-state index is 0. The number of aromatic nitrogens is 1. The number of methoxy groups -OCH3 is 1. The molecular formula is C18H18BrFN2OS. The quantitative estimate of drug-likeness (QED) is 0.583. The van der Waals surface area contributed by atoms with E-state index in [1.165, 1.54) is 35.6 Å². The second-order valence-electron chi connectivity index (χ2n) is 5.31. The van der Waals surface area contributed by atoms with Crippen molar-refractivity contribution < 1.29 is 9.13 Å². The molecule has 2 aromatic carbocycles. The van der Waals surface area contributed by atoms with Gasteiger partial charge in [0, 0.05) is 16.6 Å². The van der Waals surface area contributed by atoms with Gasteiger partial charge in [0.25, 0.3) is 0 Å². The minimum Gasteiger partial charge on any atom is -0.494 e. The number of anilines is 2. The Bertz CT molecular complexity index is 851. The molecule has 3 nitrogen and oxygen atoms in total. The molecule has 0 aliphatic rings. The van der Waals surface area contributed by atoms with Crippen molar-refractivity contribution in [2.75, 3.05) is 12.4 Å². The predicted octanol–water partition coefficient (Wildman–Crippen LogP) is 5.90. The molecule has 0 spiro atoms. The Morgan fingerprint density at radius 3 is 2.54 bits per heavy atom. The summed E-state index contributed by atoms with van der Waals surface area (Å²) >= 11 is 1.49. The summed E-state index contributed by atoms with van der Waals surface area (Å²) in [7, 11) is 1.45. The summed E-state index contributed by atoms with van der Waals surface area (Å²) in [5.74, 6) is -0.154. The van der Waals surface area contributed by atoms with Crippen molar-refractivity contribution in [2.24, 2.45) is 0 Å². The fourth-order valence-electron chi connectivity index (χ4n) is 2.23. The molecule has 0 atom stereocenters. The summed E-state index contributed by atoms with van der Waals surface area (Å²) < 4.78 is 18.7. The van der Waals surface area contributed by atoms with E-state index in [2.05, 4.69) is 36.3 Å². The molecular weight excluding hydrogens is 391 g/mol. The first-order chi connectivity index (χ1) is 11.1. The summed E-state index contributed by atoms with van der Waals surface area (Å²) in [5.41, 5.74) is 4.94. The molecule has 0 amide bonds. The highest BCUT2D eigenvalue weighted by Gasteiger charge is 2.09. The maximum Gasteiger partial charge on any atom is 0.187 e. The van der Waals surface area contributed by atoms with Gasteiger partial charge in [0.2, 0.25) is 0 Å². The molecule has 6 heteroatoms. The summed E-state index contributed by atoms with van der Waals surface area (Å²) in [5, 5.41) is 5.97. The van der Waals surface area contributed by atoms with E-state index in [0.29, 0.717) is 0 Å². The number of rotatable bonds is 4. The van der Waals surface area contributed by atoms with Crippen LogP contribution < -0.4 is 10.1 Å². The number of benzene rings is 2. The molecule has 0 saturated heterocycles. The van der Waals surface area contributed by atoms with Crippen molar-refractivity contribution >= 4 is 39.1 Å². The van der Waals surface area contributed by atoms with Crippen molar-refractivity contribution in [3.63, 3.8) is 0 Å². The van der Waals surface area contributed by atoms with E-state index >= 15 is 0 Å². The van der Waals surface area contributed by atoms with Gasteiger partial charge in [-0.25, -0.2) is 9.37 Å². The Labute approximate surface area is 155 Å². The lowest BCUT2D eigenvalue weighted by Crippen LogP contribution is -1.92. The fourth-order valence-corrected chi connectivity index (χ4v) is 2.97. The van der Waals surface area contributed by atoms with Crippen molar-refractivity contribution in [2.45, 2.75) is 13.8 Å². The molecule has 24 heavy (non-hydrogen) atoms. The van der Waals surface area contributed by atoms with E-state index in [1.54, 1.807) is 12.1 Å². The second-order valence-corrected chi connectivity index (χ2v) is 6.17. The van der Waals surface area contributed by atoms with Crippen LogP contribution in [-0.4, -0.2) is 12.1 Å². The maximum atomic E-state index is 13.8. The Morgan fingerprint density at radius 2 is 1.88 bits per heavy atom. The molecule has 3 aromatic rings. The number of ether oxygens (including phenoxy) is 1. The molecule has 0 unspecified atom stereocenters. The van der Waals surface area contributed by atoms with Crippen LogP contribution in [0.5, 0.6) is 5.75 Å². The molecule has 0 saturated carbocycles. The van der Waals surface area contributed by atoms with Crippen molar-refractivity contribution in [3.8, 4) is 17.0 Å². The van der Waals surface area contributed by atoms with Gasteiger partial charge in [0.1, 0.15) is 0 Å². The van der Waals surface area contributed by atoms with E-state index < -0.39 is 0 Å². The zero-order valence-electron chi connectivity index (χ0n) is 13.6. The second kappa shape index (κ2) is 7.77. The van der Waals surface area contributed by atoms with Crippen molar-refractivity contribution in [1.29, 1.82) is 0 Å². The first-order valence-electron chi connectivity index (χ1n) is 7.20. The molecule has 126 valence electrons. The van der Waals surface area contributed by atoms with Crippen LogP contribution in [0.4, 0.5) is 15.2 Å². The fraction of sp³-hybridized carbons (Fsp3) is 0.167. The highest BCUT2D eigenvalue weighted by molar-refractivity contribution is 8.93. The Kier molecular flexibility index (Phi) is 5.96. The van der Waals surface area contributed by atoms with Crippen LogP contribution >= 0.6 is 28.3 Å². The maximum absolute atomic E-state index is 13.8. The van der Waals surface area contributed by atoms with E-state index in [0.717, 1.165) is 22.1 Å². The molecule has 0 aliphatic carbocycles. The lowest BCUT2D eigenvalue weighted by Gasteiger charge is -2.06. The first kappa shape index (κ1) is 18.4. The monoisotopic (exact) mass is 408 g/mol.